The van der Waals surface area contributed by atoms with E-state index in [4.69, 9.17) is 14.2 Å². The van der Waals surface area contributed by atoms with Crippen LogP contribution < -0.4 is 0 Å². The van der Waals surface area contributed by atoms with Gasteiger partial charge in [-0.05, 0) is 74.9 Å². The monoisotopic (exact) mass is 465 g/mol. The summed E-state index contributed by atoms with van der Waals surface area (Å²) in [7, 11) is 0. The van der Waals surface area contributed by atoms with Crippen LogP contribution in [0.5, 0.6) is 0 Å². The first-order valence-corrected chi connectivity index (χ1v) is 11.6. The summed E-state index contributed by atoms with van der Waals surface area (Å²) in [4.78, 5) is 27.5. The second-order valence-corrected chi connectivity index (χ2v) is 9.50. The Labute approximate surface area is 202 Å². The number of fused-ring (bicyclic) bond motifs is 1. The minimum atomic E-state index is -0.893. The molecule has 1 atom stereocenters. The number of nitrogens with zero attached hydrogens (tertiary/aromatic N) is 1. The van der Waals surface area contributed by atoms with Gasteiger partial charge < -0.3 is 14.2 Å². The molecule has 1 aliphatic heterocycles. The maximum atomic E-state index is 13.0. The number of carbonyl (C=O) groups excluding carboxylic acids is 2. The summed E-state index contributed by atoms with van der Waals surface area (Å²) in [6.45, 7) is 16.8. The maximum Gasteiger partial charge on any atom is 0.410 e. The number of ether oxygens (including phenoxy) is 3. The van der Waals surface area contributed by atoms with E-state index < -0.39 is 17.7 Å². The number of amides is 1. The summed E-state index contributed by atoms with van der Waals surface area (Å²) in [5.41, 5.74) is 5.94. The van der Waals surface area contributed by atoms with Gasteiger partial charge in [0, 0.05) is 18.7 Å². The number of esters is 1. The lowest BCUT2D eigenvalue weighted by Crippen LogP contribution is -2.30. The summed E-state index contributed by atoms with van der Waals surface area (Å²) in [5.74, 6) is -0.430. The van der Waals surface area contributed by atoms with Crippen molar-refractivity contribution in [1.82, 2.24) is 4.90 Å². The van der Waals surface area contributed by atoms with Crippen LogP contribution >= 0.6 is 0 Å². The van der Waals surface area contributed by atoms with E-state index in [-0.39, 0.29) is 19.3 Å². The number of benzene rings is 2. The zero-order valence-corrected chi connectivity index (χ0v) is 21.1. The fraction of sp³-hybridized carbons (Fsp3) is 0.429. The molecule has 0 saturated carbocycles. The third kappa shape index (κ3) is 5.50. The van der Waals surface area contributed by atoms with E-state index in [1.54, 1.807) is 17.9 Å². The number of hydrogen-bond donors (Lipinski definition) is 0. The average molecular weight is 466 g/mol. The van der Waals surface area contributed by atoms with Gasteiger partial charge in [0.1, 0.15) is 6.61 Å². The van der Waals surface area contributed by atoms with Crippen molar-refractivity contribution in [1.29, 1.82) is 0 Å². The van der Waals surface area contributed by atoms with Crippen molar-refractivity contribution in [3.05, 3.63) is 75.9 Å². The first-order chi connectivity index (χ1) is 16.1. The molecule has 1 aliphatic rings. The largest absolute Gasteiger partial charge is 0.464 e. The Balaban J connectivity index is 1.95. The molecule has 0 N–H and O–H groups in total. The van der Waals surface area contributed by atoms with Gasteiger partial charge in [-0.3, -0.25) is 4.90 Å². The fourth-order valence-electron chi connectivity index (χ4n) is 4.38. The van der Waals surface area contributed by atoms with Gasteiger partial charge in [0.2, 0.25) is 0 Å². The second kappa shape index (κ2) is 10.4. The molecular weight excluding hydrogens is 430 g/mol. The first-order valence-electron chi connectivity index (χ1n) is 11.6. The smallest absolute Gasteiger partial charge is 0.410 e. The van der Waals surface area contributed by atoms with Crippen LogP contribution in [0.1, 0.15) is 72.7 Å². The Hall–Kier alpha value is -3.12. The molecule has 1 heterocycles. The molecule has 182 valence electrons. The van der Waals surface area contributed by atoms with E-state index >= 15 is 0 Å². The third-order valence-electron chi connectivity index (χ3n) is 5.97. The van der Waals surface area contributed by atoms with Crippen molar-refractivity contribution < 1.29 is 23.8 Å². The van der Waals surface area contributed by atoms with Crippen LogP contribution in [0, 0.1) is 13.8 Å². The standard InChI is InChI=1S/C28H35NO5/c1-8-21-18(3)22-15-29(27(31)33-17-20-13-11-10-12-14-20)16-23(22)19(4)24(21)25(26(30)32-9-2)34-28(5,6)7/h8,10-14,25H,1,9,15-17H2,2-7H3/t25-/m0/s1. The van der Waals surface area contributed by atoms with E-state index in [9.17, 15) is 9.59 Å². The lowest BCUT2D eigenvalue weighted by Gasteiger charge is -2.30. The minimum absolute atomic E-state index is 0.220. The van der Waals surface area contributed by atoms with Crippen LogP contribution in [-0.2, 0) is 38.7 Å². The lowest BCUT2D eigenvalue weighted by molar-refractivity contribution is -0.166. The number of carbonyl (C=O) groups is 2. The van der Waals surface area contributed by atoms with Crippen LogP contribution in [0.2, 0.25) is 0 Å². The second-order valence-electron chi connectivity index (χ2n) is 9.50. The van der Waals surface area contributed by atoms with Crippen molar-refractivity contribution in [2.45, 2.75) is 72.9 Å². The summed E-state index contributed by atoms with van der Waals surface area (Å²) in [5, 5.41) is 0. The molecular formula is C28H35NO5. The van der Waals surface area contributed by atoms with Crippen LogP contribution in [0.25, 0.3) is 6.08 Å². The van der Waals surface area contributed by atoms with Gasteiger partial charge in [0.25, 0.3) is 0 Å². The van der Waals surface area contributed by atoms with Gasteiger partial charge in [-0.2, -0.15) is 0 Å². The molecule has 6 heteroatoms. The molecule has 0 spiro atoms. The Bertz CT molecular complexity index is 1070. The van der Waals surface area contributed by atoms with E-state index in [0.717, 1.165) is 38.9 Å². The van der Waals surface area contributed by atoms with Crippen molar-refractivity contribution in [2.75, 3.05) is 6.61 Å². The van der Waals surface area contributed by atoms with Gasteiger partial charge in [0.15, 0.2) is 6.10 Å². The SMILES string of the molecule is C=Cc1c(C)c2c(c(C)c1[C@H](OC(C)(C)C)C(=O)OCC)CN(C(=O)OCc1ccccc1)C2. The van der Waals surface area contributed by atoms with Crippen molar-refractivity contribution in [3.8, 4) is 0 Å². The van der Waals surface area contributed by atoms with Gasteiger partial charge in [-0.1, -0.05) is 43.0 Å². The highest BCUT2D eigenvalue weighted by molar-refractivity contribution is 5.81. The molecule has 0 radical (unpaired) electrons. The number of hydrogen-bond acceptors (Lipinski definition) is 5. The highest BCUT2D eigenvalue weighted by Crippen LogP contribution is 2.40. The molecule has 0 saturated heterocycles. The van der Waals surface area contributed by atoms with Crippen molar-refractivity contribution in [3.63, 3.8) is 0 Å². The molecule has 0 fully saturated rings. The molecule has 6 nitrogen and oxygen atoms in total. The zero-order valence-electron chi connectivity index (χ0n) is 21.1. The minimum Gasteiger partial charge on any atom is -0.464 e. The molecule has 0 aromatic heterocycles. The fourth-order valence-corrected chi connectivity index (χ4v) is 4.38. The van der Waals surface area contributed by atoms with E-state index in [1.807, 2.05) is 65.0 Å². The molecule has 2 aromatic carbocycles. The van der Waals surface area contributed by atoms with Crippen molar-refractivity contribution >= 4 is 18.1 Å². The van der Waals surface area contributed by atoms with E-state index in [1.165, 1.54) is 0 Å². The number of rotatable bonds is 7. The summed E-state index contributed by atoms with van der Waals surface area (Å²) in [6.07, 6.45) is 0.497. The average Bonchev–Trinajstić information content (AvgIpc) is 3.25. The summed E-state index contributed by atoms with van der Waals surface area (Å²) < 4.78 is 17.1. The normalized spacial score (nSPS) is 13.9. The van der Waals surface area contributed by atoms with Gasteiger partial charge in [-0.15, -0.1) is 0 Å². The zero-order chi connectivity index (χ0) is 25.0. The molecule has 1 amide bonds. The maximum absolute atomic E-state index is 13.0. The molecule has 0 aliphatic carbocycles. The van der Waals surface area contributed by atoms with Gasteiger partial charge in [0.05, 0.1) is 12.2 Å². The van der Waals surface area contributed by atoms with Crippen LogP contribution in [0.3, 0.4) is 0 Å². The first kappa shape index (κ1) is 25.5. The molecule has 2 aromatic rings. The van der Waals surface area contributed by atoms with Crippen LogP contribution in [-0.4, -0.2) is 29.2 Å². The van der Waals surface area contributed by atoms with Crippen LogP contribution in [0.4, 0.5) is 4.79 Å². The summed E-state index contributed by atoms with van der Waals surface area (Å²) >= 11 is 0. The summed E-state index contributed by atoms with van der Waals surface area (Å²) in [6, 6.07) is 9.61. The molecule has 0 bridgehead atoms. The third-order valence-corrected chi connectivity index (χ3v) is 5.97. The predicted octanol–water partition coefficient (Wildman–Crippen LogP) is 6.02. The predicted molar refractivity (Wildman–Crippen MR) is 132 cm³/mol. The molecule has 3 rings (SSSR count). The van der Waals surface area contributed by atoms with Crippen molar-refractivity contribution in [2.24, 2.45) is 0 Å². The topological polar surface area (TPSA) is 65.1 Å². The lowest BCUT2D eigenvalue weighted by atomic mass is 9.86. The van der Waals surface area contributed by atoms with Gasteiger partial charge in [-0.25, -0.2) is 9.59 Å². The highest BCUT2D eigenvalue weighted by Gasteiger charge is 2.36. The van der Waals surface area contributed by atoms with Crippen LogP contribution in [0.15, 0.2) is 36.9 Å². The van der Waals surface area contributed by atoms with Gasteiger partial charge >= 0.3 is 12.1 Å². The Morgan fingerprint density at radius 3 is 2.24 bits per heavy atom. The molecule has 0 unspecified atom stereocenters. The van der Waals surface area contributed by atoms with E-state index in [0.29, 0.717) is 13.1 Å². The van der Waals surface area contributed by atoms with E-state index in [2.05, 4.69) is 6.58 Å². The Morgan fingerprint density at radius 2 is 1.68 bits per heavy atom. The Kier molecular flexibility index (Phi) is 7.82. The Morgan fingerprint density at radius 1 is 1.06 bits per heavy atom. The quantitative estimate of drug-likeness (QED) is 0.468. The highest BCUT2D eigenvalue weighted by atomic mass is 16.6. The molecule has 34 heavy (non-hydrogen) atoms.